The molecule has 144 valence electrons. The van der Waals surface area contributed by atoms with Gasteiger partial charge in [-0.05, 0) is 23.8 Å². The van der Waals surface area contributed by atoms with Crippen molar-refractivity contribution in [2.75, 3.05) is 5.32 Å². The van der Waals surface area contributed by atoms with E-state index in [1.165, 1.54) is 12.3 Å². The van der Waals surface area contributed by atoms with Gasteiger partial charge in [0.25, 0.3) is 0 Å². The number of thiophene rings is 1. The Kier molecular flexibility index (Phi) is 4.90. The average Bonchev–Trinajstić information content (AvgIpc) is 3.31. The van der Waals surface area contributed by atoms with Gasteiger partial charge in [-0.3, -0.25) is 0 Å². The monoisotopic (exact) mass is 444 g/mol. The zero-order valence-electron chi connectivity index (χ0n) is 13.7. The summed E-state index contributed by atoms with van der Waals surface area (Å²) in [7, 11) is 0. The highest BCUT2D eigenvalue weighted by molar-refractivity contribution is 7.18. The molecule has 0 saturated carbocycles. The molecule has 0 atom stereocenters. The first-order valence-electron chi connectivity index (χ1n) is 7.79. The van der Waals surface area contributed by atoms with Crippen molar-refractivity contribution >= 4 is 50.6 Å². The maximum absolute atomic E-state index is 13.2. The Morgan fingerprint density at radius 3 is 2.57 bits per heavy atom. The minimum absolute atomic E-state index is 0.136. The van der Waals surface area contributed by atoms with Crippen LogP contribution in [0.15, 0.2) is 41.1 Å². The number of fused-ring (bicyclic) bond motifs is 1. The summed E-state index contributed by atoms with van der Waals surface area (Å²) in [6.07, 6.45) is -3.07. The van der Waals surface area contributed by atoms with Crippen molar-refractivity contribution in [1.82, 2.24) is 15.1 Å². The fourth-order valence-corrected chi connectivity index (χ4v) is 3.69. The smallest absolute Gasteiger partial charge is 0.365 e. The Bertz CT molecular complexity index is 1150. The van der Waals surface area contributed by atoms with Gasteiger partial charge in [0.1, 0.15) is 15.5 Å². The molecule has 0 fully saturated rings. The van der Waals surface area contributed by atoms with E-state index >= 15 is 0 Å². The number of alkyl halides is 3. The number of hydrogen-bond donors (Lipinski definition) is 1. The van der Waals surface area contributed by atoms with Crippen molar-refractivity contribution in [3.8, 4) is 11.6 Å². The summed E-state index contributed by atoms with van der Waals surface area (Å²) in [6.45, 7) is 0.274. The van der Waals surface area contributed by atoms with Crippen LogP contribution in [0.5, 0.6) is 0 Å². The molecule has 5 nitrogen and oxygen atoms in total. The number of halogens is 5. The minimum atomic E-state index is -4.47. The quantitative estimate of drug-likeness (QED) is 0.400. The molecule has 0 aliphatic rings. The van der Waals surface area contributed by atoms with E-state index in [1.807, 2.05) is 0 Å². The molecule has 28 heavy (non-hydrogen) atoms. The van der Waals surface area contributed by atoms with Gasteiger partial charge in [-0.25, -0.2) is 9.97 Å². The van der Waals surface area contributed by atoms with Crippen LogP contribution in [-0.4, -0.2) is 15.1 Å². The SMILES string of the molecule is FC(F)(F)c1cc2c(NCc3ccc(Cl)c(Cl)c3)nc(-c3ccno3)nc2s1. The van der Waals surface area contributed by atoms with E-state index in [9.17, 15) is 13.2 Å². The highest BCUT2D eigenvalue weighted by Crippen LogP contribution is 2.40. The van der Waals surface area contributed by atoms with Crippen LogP contribution < -0.4 is 5.32 Å². The molecule has 0 radical (unpaired) electrons. The molecule has 0 bridgehead atoms. The lowest BCUT2D eigenvalue weighted by molar-refractivity contribution is -0.134. The molecule has 1 aromatic carbocycles. The van der Waals surface area contributed by atoms with Crippen molar-refractivity contribution in [2.45, 2.75) is 12.7 Å². The van der Waals surface area contributed by atoms with Gasteiger partial charge in [-0.2, -0.15) is 13.2 Å². The Morgan fingerprint density at radius 1 is 1.07 bits per heavy atom. The zero-order valence-corrected chi connectivity index (χ0v) is 16.0. The number of anilines is 1. The maximum atomic E-state index is 13.2. The van der Waals surface area contributed by atoms with Gasteiger partial charge in [-0.1, -0.05) is 34.4 Å². The van der Waals surface area contributed by atoms with Gasteiger partial charge >= 0.3 is 6.18 Å². The lowest BCUT2D eigenvalue weighted by Crippen LogP contribution is -2.03. The molecular formula is C17H9Cl2F3N4OS. The molecule has 4 aromatic rings. The third kappa shape index (κ3) is 3.78. The summed E-state index contributed by atoms with van der Waals surface area (Å²) in [5.74, 6) is 0.632. The summed E-state index contributed by atoms with van der Waals surface area (Å²) in [4.78, 5) is 7.93. The molecule has 0 aliphatic carbocycles. The normalized spacial score (nSPS) is 11.9. The van der Waals surface area contributed by atoms with Crippen molar-refractivity contribution in [1.29, 1.82) is 0 Å². The Morgan fingerprint density at radius 2 is 1.89 bits per heavy atom. The van der Waals surface area contributed by atoms with Crippen molar-refractivity contribution < 1.29 is 17.7 Å². The van der Waals surface area contributed by atoms with E-state index in [0.717, 1.165) is 11.6 Å². The Labute approximate surface area is 170 Å². The topological polar surface area (TPSA) is 63.8 Å². The number of nitrogens with one attached hydrogen (secondary N) is 1. The maximum Gasteiger partial charge on any atom is 0.425 e. The van der Waals surface area contributed by atoms with E-state index in [-0.39, 0.29) is 34.2 Å². The highest BCUT2D eigenvalue weighted by Gasteiger charge is 2.34. The van der Waals surface area contributed by atoms with Gasteiger partial charge in [0, 0.05) is 12.6 Å². The minimum Gasteiger partial charge on any atom is -0.365 e. The van der Waals surface area contributed by atoms with Crippen LogP contribution >= 0.6 is 34.5 Å². The summed E-state index contributed by atoms with van der Waals surface area (Å²) < 4.78 is 44.5. The molecule has 1 N–H and O–H groups in total. The summed E-state index contributed by atoms with van der Waals surface area (Å²) in [6, 6.07) is 7.62. The molecule has 0 spiro atoms. The van der Waals surface area contributed by atoms with Crippen molar-refractivity contribution in [2.24, 2.45) is 0 Å². The number of benzene rings is 1. The first-order chi connectivity index (χ1) is 13.3. The highest BCUT2D eigenvalue weighted by atomic mass is 35.5. The number of rotatable bonds is 4. The van der Waals surface area contributed by atoms with E-state index in [0.29, 0.717) is 21.4 Å². The molecule has 3 aromatic heterocycles. The molecule has 11 heteroatoms. The predicted octanol–water partition coefficient (Wildman–Crippen LogP) is 6.28. The first kappa shape index (κ1) is 19.0. The molecule has 0 aliphatic heterocycles. The van der Waals surface area contributed by atoms with Gasteiger partial charge in [-0.15, -0.1) is 11.3 Å². The van der Waals surface area contributed by atoms with Crippen molar-refractivity contribution in [3.63, 3.8) is 0 Å². The Balaban J connectivity index is 1.75. The van der Waals surface area contributed by atoms with Crippen LogP contribution in [-0.2, 0) is 12.7 Å². The number of nitrogens with zero attached hydrogens (tertiary/aromatic N) is 3. The van der Waals surface area contributed by atoms with Gasteiger partial charge in [0.15, 0.2) is 0 Å². The Hall–Kier alpha value is -2.36. The van der Waals surface area contributed by atoms with Crippen LogP contribution in [0.3, 0.4) is 0 Å². The van der Waals surface area contributed by atoms with Crippen LogP contribution in [0.4, 0.5) is 19.0 Å². The summed E-state index contributed by atoms with van der Waals surface area (Å²) in [5.41, 5.74) is 0.786. The van der Waals surface area contributed by atoms with Gasteiger partial charge in [0.2, 0.25) is 11.6 Å². The third-order valence-electron chi connectivity index (χ3n) is 3.77. The van der Waals surface area contributed by atoms with Gasteiger partial charge < -0.3 is 9.84 Å². The second-order valence-corrected chi connectivity index (χ2v) is 7.55. The molecular weight excluding hydrogens is 436 g/mol. The lowest BCUT2D eigenvalue weighted by Gasteiger charge is -2.09. The summed E-state index contributed by atoms with van der Waals surface area (Å²) in [5, 5.41) is 7.68. The second-order valence-electron chi connectivity index (χ2n) is 5.70. The van der Waals surface area contributed by atoms with E-state index in [2.05, 4.69) is 20.4 Å². The standard InChI is InChI=1S/C17H9Cl2F3N4OS/c18-10-2-1-8(5-11(10)19)7-23-14-9-6-13(17(20,21)22)28-16(9)26-15(25-14)12-3-4-24-27-12/h1-6H,7H2,(H,23,25,26). The van der Waals surface area contributed by atoms with E-state index in [1.54, 1.807) is 18.2 Å². The molecule has 4 rings (SSSR count). The average molecular weight is 445 g/mol. The fourth-order valence-electron chi connectivity index (χ4n) is 2.47. The van der Waals surface area contributed by atoms with Crippen LogP contribution in [0.2, 0.25) is 10.0 Å². The lowest BCUT2D eigenvalue weighted by atomic mass is 10.2. The molecule has 0 unspecified atom stereocenters. The summed E-state index contributed by atoms with van der Waals surface area (Å²) >= 11 is 12.5. The van der Waals surface area contributed by atoms with Crippen LogP contribution in [0, 0.1) is 0 Å². The van der Waals surface area contributed by atoms with Crippen LogP contribution in [0.25, 0.3) is 21.8 Å². The largest absolute Gasteiger partial charge is 0.425 e. The van der Waals surface area contributed by atoms with Crippen molar-refractivity contribution in [3.05, 3.63) is 57.0 Å². The molecule has 3 heterocycles. The van der Waals surface area contributed by atoms with E-state index < -0.39 is 11.1 Å². The molecule has 0 saturated heterocycles. The number of hydrogen-bond acceptors (Lipinski definition) is 6. The first-order valence-corrected chi connectivity index (χ1v) is 9.36. The zero-order chi connectivity index (χ0) is 19.9. The third-order valence-corrected chi connectivity index (χ3v) is 5.59. The fraction of sp³-hybridized carbons (Fsp3) is 0.118. The molecule has 0 amide bonds. The van der Waals surface area contributed by atoms with E-state index in [4.69, 9.17) is 27.7 Å². The second kappa shape index (κ2) is 7.23. The number of aromatic nitrogens is 3. The van der Waals surface area contributed by atoms with Gasteiger partial charge in [0.05, 0.1) is 21.6 Å². The van der Waals surface area contributed by atoms with Crippen LogP contribution in [0.1, 0.15) is 10.4 Å². The predicted molar refractivity (Wildman–Crippen MR) is 102 cm³/mol.